The summed E-state index contributed by atoms with van der Waals surface area (Å²) in [7, 11) is 1.64. The molecule has 0 spiro atoms. The smallest absolute Gasteiger partial charge is 0.319 e. The Balaban J connectivity index is 1.32. The third-order valence-corrected chi connectivity index (χ3v) is 6.09. The second-order valence-corrected chi connectivity index (χ2v) is 9.03. The highest BCUT2D eigenvalue weighted by molar-refractivity contribution is 5.98. The lowest BCUT2D eigenvalue weighted by atomic mass is 9.99. The number of fused-ring (bicyclic) bond motifs is 1. The van der Waals surface area contributed by atoms with Crippen LogP contribution in [0.25, 0.3) is 10.8 Å². The van der Waals surface area contributed by atoms with Crippen LogP contribution in [0.3, 0.4) is 0 Å². The zero-order valence-corrected chi connectivity index (χ0v) is 21.3. The minimum Gasteiger partial charge on any atom is -0.481 e. The van der Waals surface area contributed by atoms with Gasteiger partial charge in [-0.15, -0.1) is 0 Å². The highest BCUT2D eigenvalue weighted by atomic mass is 16.4. The van der Waals surface area contributed by atoms with Gasteiger partial charge in [-0.05, 0) is 34.0 Å². The van der Waals surface area contributed by atoms with Crippen molar-refractivity contribution in [2.75, 3.05) is 11.9 Å². The lowest BCUT2D eigenvalue weighted by Gasteiger charge is -2.18. The van der Waals surface area contributed by atoms with Crippen molar-refractivity contribution in [1.29, 1.82) is 0 Å². The average Bonchev–Trinajstić information content (AvgIpc) is 3.29. The fourth-order valence-corrected chi connectivity index (χ4v) is 4.16. The predicted octanol–water partition coefficient (Wildman–Crippen LogP) is 3.56. The summed E-state index contributed by atoms with van der Waals surface area (Å²) in [5.74, 6) is -2.12. The number of carboxylic acid groups (broad SMARTS) is 1. The van der Waals surface area contributed by atoms with Gasteiger partial charge in [0, 0.05) is 19.8 Å². The van der Waals surface area contributed by atoms with E-state index in [4.69, 9.17) is 0 Å². The summed E-state index contributed by atoms with van der Waals surface area (Å²) in [5, 5.41) is 22.0. The van der Waals surface area contributed by atoms with Crippen LogP contribution in [-0.2, 0) is 23.2 Å². The quantitative estimate of drug-likeness (QED) is 0.214. The Morgan fingerprint density at radius 3 is 2.33 bits per heavy atom. The predicted molar refractivity (Wildman–Crippen MR) is 147 cm³/mol. The SMILES string of the molecule is Cn1cc(NC(=O)NCc2ccccc2)cc1C(=O)NCC(=O)NC(CC(=O)O)c1ccc2ccccc2c1. The summed E-state index contributed by atoms with van der Waals surface area (Å²) in [5.41, 5.74) is 2.25. The van der Waals surface area contributed by atoms with E-state index in [9.17, 15) is 24.3 Å². The van der Waals surface area contributed by atoms with Gasteiger partial charge in [-0.1, -0.05) is 66.7 Å². The van der Waals surface area contributed by atoms with Gasteiger partial charge in [-0.2, -0.15) is 0 Å². The number of aliphatic carboxylic acids is 1. The number of carbonyl (C=O) groups is 4. The fourth-order valence-electron chi connectivity index (χ4n) is 4.16. The molecular formula is C29H29N5O5. The molecule has 39 heavy (non-hydrogen) atoms. The van der Waals surface area contributed by atoms with Crippen LogP contribution in [0.2, 0.25) is 0 Å². The maximum Gasteiger partial charge on any atom is 0.319 e. The lowest BCUT2D eigenvalue weighted by Crippen LogP contribution is -2.39. The second-order valence-electron chi connectivity index (χ2n) is 9.03. The van der Waals surface area contributed by atoms with Crippen molar-refractivity contribution in [3.8, 4) is 0 Å². The van der Waals surface area contributed by atoms with Gasteiger partial charge in [-0.25, -0.2) is 4.79 Å². The number of urea groups is 1. The van der Waals surface area contributed by atoms with E-state index < -0.39 is 29.9 Å². The first-order chi connectivity index (χ1) is 18.8. The molecule has 4 amide bonds. The molecule has 1 heterocycles. The van der Waals surface area contributed by atoms with Crippen molar-refractivity contribution < 1.29 is 24.3 Å². The number of benzene rings is 3. The molecule has 4 rings (SSSR count). The zero-order chi connectivity index (χ0) is 27.8. The highest BCUT2D eigenvalue weighted by Gasteiger charge is 2.20. The number of hydrogen-bond acceptors (Lipinski definition) is 4. The van der Waals surface area contributed by atoms with Crippen molar-refractivity contribution in [2.24, 2.45) is 7.05 Å². The van der Waals surface area contributed by atoms with Crippen LogP contribution in [0.5, 0.6) is 0 Å². The van der Waals surface area contributed by atoms with Crippen molar-refractivity contribution in [3.05, 3.63) is 102 Å². The molecule has 0 saturated heterocycles. The molecule has 0 saturated carbocycles. The summed E-state index contributed by atoms with van der Waals surface area (Å²) in [6, 6.07) is 22.9. The number of nitrogens with zero attached hydrogens (tertiary/aromatic N) is 1. The van der Waals surface area contributed by atoms with Crippen molar-refractivity contribution >= 4 is 40.3 Å². The number of aromatic nitrogens is 1. The minimum absolute atomic E-state index is 0.234. The monoisotopic (exact) mass is 527 g/mol. The fraction of sp³-hybridized carbons (Fsp3) is 0.172. The standard InChI is InChI=1S/C29H29N5O5/c1-34-18-23(32-29(39)31-16-19-7-3-2-4-8-19)14-25(34)28(38)30-17-26(35)33-24(15-27(36)37)22-12-11-20-9-5-6-10-21(20)13-22/h2-14,18,24H,15-17H2,1H3,(H,30,38)(H,33,35)(H,36,37)(H2,31,32,39). The minimum atomic E-state index is -1.06. The Labute approximate surface area is 225 Å². The van der Waals surface area contributed by atoms with E-state index in [1.807, 2.05) is 66.7 Å². The Kier molecular flexibility index (Phi) is 8.57. The number of carbonyl (C=O) groups excluding carboxylic acids is 3. The van der Waals surface area contributed by atoms with Gasteiger partial charge >= 0.3 is 12.0 Å². The normalized spacial score (nSPS) is 11.4. The third kappa shape index (κ3) is 7.45. The van der Waals surface area contributed by atoms with Crippen LogP contribution in [-0.4, -0.2) is 40.0 Å². The van der Waals surface area contributed by atoms with Crippen LogP contribution < -0.4 is 21.3 Å². The first-order valence-electron chi connectivity index (χ1n) is 12.3. The summed E-state index contributed by atoms with van der Waals surface area (Å²) in [4.78, 5) is 49.1. The summed E-state index contributed by atoms with van der Waals surface area (Å²) < 4.78 is 1.53. The van der Waals surface area contributed by atoms with Crippen LogP contribution in [0.15, 0.2) is 85.1 Å². The number of rotatable bonds is 10. The van der Waals surface area contributed by atoms with Crippen LogP contribution in [0.4, 0.5) is 10.5 Å². The maximum atomic E-state index is 12.7. The van der Waals surface area contributed by atoms with Crippen molar-refractivity contribution in [3.63, 3.8) is 0 Å². The Morgan fingerprint density at radius 1 is 0.872 bits per heavy atom. The number of carboxylic acids is 1. The molecule has 4 aromatic rings. The number of hydrogen-bond donors (Lipinski definition) is 5. The van der Waals surface area contributed by atoms with Gasteiger partial charge < -0.3 is 30.9 Å². The van der Waals surface area contributed by atoms with E-state index in [1.165, 1.54) is 10.6 Å². The van der Waals surface area contributed by atoms with E-state index in [0.717, 1.165) is 16.3 Å². The molecule has 200 valence electrons. The average molecular weight is 528 g/mol. The number of anilines is 1. The van der Waals surface area contributed by atoms with Gasteiger partial charge in [0.05, 0.1) is 24.7 Å². The van der Waals surface area contributed by atoms with Crippen molar-refractivity contribution in [2.45, 2.75) is 19.0 Å². The van der Waals surface area contributed by atoms with Gasteiger partial charge in [0.15, 0.2) is 0 Å². The number of amides is 4. The first kappa shape index (κ1) is 26.9. The first-order valence-corrected chi connectivity index (χ1v) is 12.3. The van der Waals surface area contributed by atoms with Crippen molar-refractivity contribution in [1.82, 2.24) is 20.5 Å². The van der Waals surface area contributed by atoms with Crippen LogP contribution in [0, 0.1) is 0 Å². The van der Waals surface area contributed by atoms with Gasteiger partial charge in [0.1, 0.15) is 5.69 Å². The molecule has 5 N–H and O–H groups in total. The van der Waals surface area contributed by atoms with Gasteiger partial charge in [0.25, 0.3) is 5.91 Å². The molecule has 1 aromatic heterocycles. The molecule has 0 aliphatic carbocycles. The van der Waals surface area contributed by atoms with E-state index in [1.54, 1.807) is 19.3 Å². The van der Waals surface area contributed by atoms with Gasteiger partial charge in [0.2, 0.25) is 5.91 Å². The molecule has 1 atom stereocenters. The van der Waals surface area contributed by atoms with Crippen LogP contribution in [0.1, 0.15) is 34.1 Å². The molecule has 0 aliphatic rings. The van der Waals surface area contributed by atoms with Gasteiger partial charge in [-0.3, -0.25) is 14.4 Å². The third-order valence-electron chi connectivity index (χ3n) is 6.09. The van der Waals surface area contributed by atoms with E-state index >= 15 is 0 Å². The lowest BCUT2D eigenvalue weighted by molar-refractivity contribution is -0.137. The van der Waals surface area contributed by atoms with E-state index in [2.05, 4.69) is 21.3 Å². The summed E-state index contributed by atoms with van der Waals surface area (Å²) in [6.07, 6.45) is 1.27. The second kappa shape index (κ2) is 12.4. The molecule has 10 nitrogen and oxygen atoms in total. The topological polar surface area (TPSA) is 142 Å². The Morgan fingerprint density at radius 2 is 1.59 bits per heavy atom. The molecule has 10 heteroatoms. The molecule has 0 aliphatic heterocycles. The summed E-state index contributed by atoms with van der Waals surface area (Å²) >= 11 is 0. The Bertz CT molecular complexity index is 1500. The number of aryl methyl sites for hydroxylation is 1. The summed E-state index contributed by atoms with van der Waals surface area (Å²) in [6.45, 7) is -0.00191. The van der Waals surface area contributed by atoms with E-state index in [0.29, 0.717) is 17.8 Å². The molecule has 0 fully saturated rings. The highest BCUT2D eigenvalue weighted by Crippen LogP contribution is 2.22. The molecular weight excluding hydrogens is 498 g/mol. The maximum absolute atomic E-state index is 12.7. The molecule has 3 aromatic carbocycles. The molecule has 0 bridgehead atoms. The molecule has 0 radical (unpaired) electrons. The van der Waals surface area contributed by atoms with Crippen LogP contribution >= 0.6 is 0 Å². The Hall–Kier alpha value is -5.12. The number of nitrogens with one attached hydrogen (secondary N) is 4. The zero-order valence-electron chi connectivity index (χ0n) is 21.3. The van der Waals surface area contributed by atoms with E-state index in [-0.39, 0.29) is 18.7 Å². The molecule has 1 unspecified atom stereocenters. The largest absolute Gasteiger partial charge is 0.481 e.